The summed E-state index contributed by atoms with van der Waals surface area (Å²) in [7, 11) is 0. The molecule has 0 aliphatic rings. The molecule has 2 aromatic rings. The van der Waals surface area contributed by atoms with Crippen LogP contribution in [0.5, 0.6) is 0 Å². The van der Waals surface area contributed by atoms with Crippen LogP contribution in [0.2, 0.25) is 0 Å². The van der Waals surface area contributed by atoms with Crippen molar-refractivity contribution in [3.05, 3.63) is 23.8 Å². The Morgan fingerprint density at radius 3 is 2.94 bits per heavy atom. The zero-order chi connectivity index (χ0) is 13.0. The number of hydrogen-bond donors (Lipinski definition) is 1. The Morgan fingerprint density at radius 2 is 2.28 bits per heavy atom. The maximum Gasteiger partial charge on any atom is 0.321 e. The van der Waals surface area contributed by atoms with E-state index < -0.39 is 0 Å². The number of aromatic nitrogens is 4. The van der Waals surface area contributed by atoms with Gasteiger partial charge in [-0.3, -0.25) is 4.68 Å². The lowest BCUT2D eigenvalue weighted by atomic mass is 10.2. The summed E-state index contributed by atoms with van der Waals surface area (Å²) < 4.78 is 7.04. The Morgan fingerprint density at radius 1 is 1.44 bits per heavy atom. The fraction of sp³-hybridized carbons (Fsp3) is 0.583. The number of anilines is 1. The predicted molar refractivity (Wildman–Crippen MR) is 68.2 cm³/mol. The molecular weight excluding hydrogens is 230 g/mol. The maximum atomic E-state index is 5.10. The van der Waals surface area contributed by atoms with Gasteiger partial charge in [-0.2, -0.15) is 10.1 Å². The molecule has 0 bridgehead atoms. The van der Waals surface area contributed by atoms with E-state index in [4.69, 9.17) is 4.52 Å². The topological polar surface area (TPSA) is 68.8 Å². The Hall–Kier alpha value is -1.85. The van der Waals surface area contributed by atoms with Crippen molar-refractivity contribution in [1.82, 2.24) is 19.9 Å². The number of hydrogen-bond acceptors (Lipinski definition) is 5. The minimum atomic E-state index is 0.275. The van der Waals surface area contributed by atoms with Gasteiger partial charge < -0.3 is 9.84 Å². The molecule has 0 unspecified atom stereocenters. The predicted octanol–water partition coefficient (Wildman–Crippen LogP) is 2.41. The van der Waals surface area contributed by atoms with Crippen LogP contribution in [0.3, 0.4) is 0 Å². The van der Waals surface area contributed by atoms with E-state index >= 15 is 0 Å². The van der Waals surface area contributed by atoms with Gasteiger partial charge in [-0.25, -0.2) is 0 Å². The Kier molecular flexibility index (Phi) is 3.96. The zero-order valence-corrected chi connectivity index (χ0v) is 11.1. The van der Waals surface area contributed by atoms with Gasteiger partial charge in [0.2, 0.25) is 0 Å². The van der Waals surface area contributed by atoms with Gasteiger partial charge in [-0.05, 0) is 6.42 Å². The third kappa shape index (κ3) is 3.09. The van der Waals surface area contributed by atoms with Crippen LogP contribution in [0, 0.1) is 0 Å². The van der Waals surface area contributed by atoms with Crippen molar-refractivity contribution in [3.63, 3.8) is 0 Å². The maximum absolute atomic E-state index is 5.10. The molecule has 0 saturated carbocycles. The van der Waals surface area contributed by atoms with Crippen LogP contribution in [0.1, 0.15) is 44.5 Å². The first-order valence-corrected chi connectivity index (χ1v) is 6.28. The molecule has 1 N–H and O–H groups in total. The van der Waals surface area contributed by atoms with E-state index in [0.29, 0.717) is 12.6 Å². The van der Waals surface area contributed by atoms with Gasteiger partial charge in [0.1, 0.15) is 0 Å². The van der Waals surface area contributed by atoms with E-state index in [1.165, 1.54) is 0 Å². The van der Waals surface area contributed by atoms with Gasteiger partial charge >= 0.3 is 6.01 Å². The van der Waals surface area contributed by atoms with Crippen LogP contribution in [0.15, 0.2) is 16.9 Å². The largest absolute Gasteiger partial charge is 0.334 e. The number of nitrogens with zero attached hydrogens (tertiary/aromatic N) is 4. The van der Waals surface area contributed by atoms with Crippen LogP contribution >= 0.6 is 0 Å². The quantitative estimate of drug-likeness (QED) is 0.851. The molecule has 0 radical (unpaired) electrons. The Balaban J connectivity index is 1.89. The molecule has 0 aromatic carbocycles. The van der Waals surface area contributed by atoms with Gasteiger partial charge in [0.25, 0.3) is 0 Å². The summed E-state index contributed by atoms with van der Waals surface area (Å²) in [4.78, 5) is 4.25. The van der Waals surface area contributed by atoms with Crippen molar-refractivity contribution >= 4 is 6.01 Å². The van der Waals surface area contributed by atoms with Crippen molar-refractivity contribution in [3.8, 4) is 0 Å². The van der Waals surface area contributed by atoms with Gasteiger partial charge in [0.15, 0.2) is 5.82 Å². The second-order valence-corrected chi connectivity index (χ2v) is 4.58. The number of aryl methyl sites for hydroxylation is 1. The molecule has 6 heteroatoms. The average molecular weight is 249 g/mol. The van der Waals surface area contributed by atoms with Gasteiger partial charge in [0.05, 0.1) is 6.20 Å². The molecule has 6 nitrogen and oxygen atoms in total. The average Bonchev–Trinajstić information content (AvgIpc) is 2.95. The Bertz CT molecular complexity index is 488. The molecular formula is C12H19N5O. The van der Waals surface area contributed by atoms with E-state index in [2.05, 4.69) is 27.5 Å². The highest BCUT2D eigenvalue weighted by atomic mass is 16.5. The number of rotatable bonds is 6. The van der Waals surface area contributed by atoms with Gasteiger partial charge in [-0.1, -0.05) is 25.9 Å². The van der Waals surface area contributed by atoms with Crippen molar-refractivity contribution in [2.45, 2.75) is 46.2 Å². The van der Waals surface area contributed by atoms with Crippen molar-refractivity contribution in [2.75, 3.05) is 5.32 Å². The Labute approximate surface area is 106 Å². The summed E-state index contributed by atoms with van der Waals surface area (Å²) in [5.41, 5.74) is 1.10. The lowest BCUT2D eigenvalue weighted by Gasteiger charge is -1.97. The first-order valence-electron chi connectivity index (χ1n) is 6.28. The van der Waals surface area contributed by atoms with E-state index in [1.54, 1.807) is 0 Å². The lowest BCUT2D eigenvalue weighted by molar-refractivity contribution is 0.419. The first-order chi connectivity index (χ1) is 8.69. The van der Waals surface area contributed by atoms with Gasteiger partial charge in [-0.15, -0.1) is 0 Å². The zero-order valence-electron chi connectivity index (χ0n) is 11.1. The molecule has 0 amide bonds. The van der Waals surface area contributed by atoms with Crippen LogP contribution in [-0.4, -0.2) is 19.9 Å². The first kappa shape index (κ1) is 12.6. The van der Waals surface area contributed by atoms with Crippen molar-refractivity contribution < 1.29 is 4.52 Å². The fourth-order valence-corrected chi connectivity index (χ4v) is 1.57. The van der Waals surface area contributed by atoms with Crippen molar-refractivity contribution in [2.24, 2.45) is 0 Å². The van der Waals surface area contributed by atoms with E-state index in [0.717, 1.165) is 24.4 Å². The van der Waals surface area contributed by atoms with Crippen LogP contribution < -0.4 is 5.32 Å². The smallest absolute Gasteiger partial charge is 0.321 e. The SMILES string of the molecule is CCCn1cc(CNc2nc(C(C)C)no2)cn1. The van der Waals surface area contributed by atoms with E-state index in [1.807, 2.05) is 30.9 Å². The summed E-state index contributed by atoms with van der Waals surface area (Å²) >= 11 is 0. The molecule has 0 atom stereocenters. The lowest BCUT2D eigenvalue weighted by Crippen LogP contribution is -2.00. The second kappa shape index (κ2) is 5.66. The van der Waals surface area contributed by atoms with E-state index in [9.17, 15) is 0 Å². The standard InChI is InChI=1S/C12H19N5O/c1-4-5-17-8-10(7-14-17)6-13-12-15-11(9(2)3)16-18-12/h7-9H,4-6H2,1-3H3,(H,13,15,16). The molecule has 2 rings (SSSR count). The molecule has 2 aromatic heterocycles. The normalized spacial score (nSPS) is 11.1. The van der Waals surface area contributed by atoms with Crippen LogP contribution in [0.25, 0.3) is 0 Å². The highest BCUT2D eigenvalue weighted by Gasteiger charge is 2.09. The highest BCUT2D eigenvalue weighted by molar-refractivity contribution is 5.22. The monoisotopic (exact) mass is 249 g/mol. The second-order valence-electron chi connectivity index (χ2n) is 4.58. The molecule has 0 spiro atoms. The summed E-state index contributed by atoms with van der Waals surface area (Å²) in [6.45, 7) is 7.78. The molecule has 2 heterocycles. The molecule has 0 saturated heterocycles. The van der Waals surface area contributed by atoms with Gasteiger partial charge in [0, 0.05) is 30.8 Å². The fourth-order valence-electron chi connectivity index (χ4n) is 1.57. The minimum absolute atomic E-state index is 0.275. The summed E-state index contributed by atoms with van der Waals surface area (Å²) in [5, 5.41) is 11.3. The number of nitrogens with one attached hydrogen (secondary N) is 1. The molecule has 0 fully saturated rings. The summed E-state index contributed by atoms with van der Waals surface area (Å²) in [6.07, 6.45) is 4.95. The molecule has 18 heavy (non-hydrogen) atoms. The summed E-state index contributed by atoms with van der Waals surface area (Å²) in [6, 6.07) is 0.460. The highest BCUT2D eigenvalue weighted by Crippen LogP contribution is 2.13. The van der Waals surface area contributed by atoms with E-state index in [-0.39, 0.29) is 5.92 Å². The minimum Gasteiger partial charge on any atom is -0.334 e. The van der Waals surface area contributed by atoms with Crippen LogP contribution in [-0.2, 0) is 13.1 Å². The molecule has 0 aliphatic heterocycles. The summed E-state index contributed by atoms with van der Waals surface area (Å²) in [5.74, 6) is 0.996. The third-order valence-corrected chi connectivity index (χ3v) is 2.54. The molecule has 0 aliphatic carbocycles. The third-order valence-electron chi connectivity index (χ3n) is 2.54. The molecule has 98 valence electrons. The van der Waals surface area contributed by atoms with Crippen LogP contribution in [0.4, 0.5) is 6.01 Å². The van der Waals surface area contributed by atoms with Crippen molar-refractivity contribution in [1.29, 1.82) is 0 Å².